The summed E-state index contributed by atoms with van der Waals surface area (Å²) >= 11 is 0. The first kappa shape index (κ1) is 39.5. The number of ether oxygens (including phenoxy) is 1. The molecule has 17 heteroatoms. The fraction of sp³-hybridized carbons (Fsp3) is 0.535. The Morgan fingerprint density at radius 3 is 2.43 bits per heavy atom. The van der Waals surface area contributed by atoms with Crippen LogP contribution in [0.5, 0.6) is 0 Å². The zero-order valence-electron chi connectivity index (χ0n) is 33.7. The summed E-state index contributed by atoms with van der Waals surface area (Å²) in [6.07, 6.45) is 0.937. The number of imidazole rings is 1. The smallest absolute Gasteiger partial charge is 0.371 e. The van der Waals surface area contributed by atoms with Crippen LogP contribution in [0.25, 0.3) is 22.2 Å². The van der Waals surface area contributed by atoms with E-state index in [-0.39, 0.29) is 29.8 Å². The molecule has 7 heterocycles. The van der Waals surface area contributed by atoms with Crippen molar-refractivity contribution in [1.29, 1.82) is 0 Å². The van der Waals surface area contributed by atoms with Crippen molar-refractivity contribution in [2.45, 2.75) is 70.1 Å². The van der Waals surface area contributed by atoms with Crippen LogP contribution >= 0.6 is 0 Å². The maximum Gasteiger partial charge on any atom is 0.522 e. The molecule has 6 aliphatic rings. The van der Waals surface area contributed by atoms with Crippen molar-refractivity contribution in [3.05, 3.63) is 81.5 Å². The van der Waals surface area contributed by atoms with Crippen LogP contribution in [-0.2, 0) is 28.0 Å². The highest BCUT2D eigenvalue weighted by Gasteiger charge is 2.54. The fourth-order valence-corrected chi connectivity index (χ4v) is 10.7. The summed E-state index contributed by atoms with van der Waals surface area (Å²) in [5.74, 6) is 0.803. The minimum absolute atomic E-state index is 0.0312. The third kappa shape index (κ3) is 7.22. The number of carbonyl (C=O) groups excluding carboxylic acids is 2. The number of aryl methyl sites for hydroxylation is 2. The maximum absolute atomic E-state index is 13.2. The van der Waals surface area contributed by atoms with Gasteiger partial charge < -0.3 is 23.8 Å². The van der Waals surface area contributed by atoms with E-state index in [1.165, 1.54) is 17.7 Å². The van der Waals surface area contributed by atoms with Gasteiger partial charge in [0.25, 0.3) is 17.4 Å². The number of nitrogens with one attached hydrogen (secondary N) is 1. The second kappa shape index (κ2) is 15.1. The molecular weight excluding hydrogens is 782 g/mol. The molecule has 2 aromatic heterocycles. The quantitative estimate of drug-likeness (QED) is 0.222. The van der Waals surface area contributed by atoms with E-state index in [9.17, 15) is 27.6 Å². The number of fused-ring (bicyclic) bond motifs is 2. The summed E-state index contributed by atoms with van der Waals surface area (Å²) in [4.78, 5) is 62.4. The van der Waals surface area contributed by atoms with E-state index in [4.69, 9.17) is 14.7 Å². The molecule has 5 aliphatic heterocycles. The number of anilines is 1. The number of nitrogens with zero attached hydrogens (tertiary/aromatic N) is 7. The molecule has 1 saturated carbocycles. The summed E-state index contributed by atoms with van der Waals surface area (Å²) < 4.78 is 46.8. The molecule has 2 amide bonds. The largest absolute Gasteiger partial charge is 0.522 e. The van der Waals surface area contributed by atoms with Crippen LogP contribution in [0.1, 0.15) is 70.1 Å². The number of hydrogen-bond acceptors (Lipinski definition) is 11. The first-order valence-corrected chi connectivity index (χ1v) is 21.0. The van der Waals surface area contributed by atoms with Gasteiger partial charge in [0, 0.05) is 88.1 Å². The molecule has 5 fully saturated rings. The lowest BCUT2D eigenvalue weighted by Crippen LogP contribution is -2.68. The predicted octanol–water partition coefficient (Wildman–Crippen LogP) is 4.81. The van der Waals surface area contributed by atoms with Gasteiger partial charge in [0.2, 0.25) is 0 Å². The maximum atomic E-state index is 13.2. The molecule has 1 spiro atoms. The van der Waals surface area contributed by atoms with E-state index in [0.29, 0.717) is 47.1 Å². The summed E-state index contributed by atoms with van der Waals surface area (Å²) in [7, 11) is 1.71. The third-order valence-corrected chi connectivity index (χ3v) is 13.7. The van der Waals surface area contributed by atoms with Crippen molar-refractivity contribution >= 4 is 28.5 Å². The van der Waals surface area contributed by atoms with E-state index >= 15 is 0 Å². The van der Waals surface area contributed by atoms with Gasteiger partial charge >= 0.3 is 6.36 Å². The van der Waals surface area contributed by atoms with Gasteiger partial charge in [-0.25, -0.2) is 9.88 Å². The van der Waals surface area contributed by atoms with E-state index in [1.807, 2.05) is 41.0 Å². The number of pyridine rings is 1. The van der Waals surface area contributed by atoms with Gasteiger partial charge in [-0.05, 0) is 98.6 Å². The molecule has 14 nitrogen and oxygen atoms in total. The van der Waals surface area contributed by atoms with E-state index < -0.39 is 19.2 Å². The molecule has 1 N–H and O–H groups in total. The lowest BCUT2D eigenvalue weighted by molar-refractivity contribution is -0.325. The monoisotopic (exact) mass is 830 g/mol. The lowest BCUT2D eigenvalue weighted by Gasteiger charge is -2.62. The Hall–Kier alpha value is -4.65. The van der Waals surface area contributed by atoms with Gasteiger partial charge in [-0.3, -0.25) is 28.8 Å². The molecule has 0 radical (unpaired) electrons. The highest BCUT2D eigenvalue weighted by Crippen LogP contribution is 2.51. The van der Waals surface area contributed by atoms with E-state index in [0.717, 1.165) is 92.3 Å². The standard InChI is InChI=1S/C43H49F3N8O6/c1-26-15-30(23-49(2)39(26)55)29-3-6-35-36(16-29)53(12-14-58-43(44,45)46)38(47-35)28-7-10-51(11-8-28)32-18-42(19-32)24-50(25-42)20-27-21-52(22-27)31-4-5-33-34(17-31)41(57)54(40(33)56)37-9-13-59-48-60-37/h3-6,15-17,23,27-28,32,37,48H,7-14,18-22,24-25H2,1-2H3. The Balaban J connectivity index is 0.714. The van der Waals surface area contributed by atoms with Crippen molar-refractivity contribution in [1.82, 2.24) is 34.5 Å². The molecule has 4 aromatic rings. The minimum Gasteiger partial charge on any atom is -0.371 e. The van der Waals surface area contributed by atoms with Gasteiger partial charge in [-0.1, -0.05) is 11.7 Å². The minimum atomic E-state index is -4.71. The lowest BCUT2D eigenvalue weighted by atomic mass is 9.60. The van der Waals surface area contributed by atoms with Crippen molar-refractivity contribution in [2.75, 3.05) is 63.9 Å². The summed E-state index contributed by atoms with van der Waals surface area (Å²) in [5, 5.41) is 0. The normalized spacial score (nSPS) is 23.1. The van der Waals surface area contributed by atoms with Gasteiger partial charge in [0.05, 0.1) is 35.4 Å². The molecule has 60 heavy (non-hydrogen) atoms. The Kier molecular flexibility index (Phi) is 9.91. The summed E-state index contributed by atoms with van der Waals surface area (Å²) in [5.41, 5.74) is 8.25. The van der Waals surface area contributed by atoms with Gasteiger partial charge in [-0.2, -0.15) is 0 Å². The summed E-state index contributed by atoms with van der Waals surface area (Å²) in [6.45, 7) is 8.62. The van der Waals surface area contributed by atoms with Crippen molar-refractivity contribution in [2.24, 2.45) is 18.4 Å². The second-order valence-corrected chi connectivity index (χ2v) is 17.8. The highest BCUT2D eigenvalue weighted by molar-refractivity contribution is 6.21. The average molecular weight is 831 g/mol. The zero-order valence-corrected chi connectivity index (χ0v) is 33.7. The molecule has 318 valence electrons. The molecule has 1 aliphatic carbocycles. The van der Waals surface area contributed by atoms with Crippen molar-refractivity contribution in [3.63, 3.8) is 0 Å². The number of imide groups is 1. The number of alkyl halides is 3. The third-order valence-electron chi connectivity index (χ3n) is 13.7. The molecule has 2 aromatic carbocycles. The van der Waals surface area contributed by atoms with Crippen LogP contribution in [0.4, 0.5) is 18.9 Å². The first-order chi connectivity index (χ1) is 28.8. The van der Waals surface area contributed by atoms with Crippen LogP contribution in [0, 0.1) is 18.3 Å². The molecule has 1 atom stereocenters. The van der Waals surface area contributed by atoms with Gasteiger partial charge in [0.1, 0.15) is 5.82 Å². The number of carbonyl (C=O) groups is 2. The van der Waals surface area contributed by atoms with E-state index in [2.05, 4.69) is 25.1 Å². The van der Waals surface area contributed by atoms with E-state index in [1.54, 1.807) is 30.8 Å². The number of benzene rings is 2. The Labute approximate surface area is 344 Å². The molecular formula is C43H49F3N8O6. The Bertz CT molecular complexity index is 2360. The number of halogens is 3. The number of amides is 2. The van der Waals surface area contributed by atoms with Crippen LogP contribution in [-0.4, -0.2) is 118 Å². The summed E-state index contributed by atoms with van der Waals surface area (Å²) in [6, 6.07) is 13.7. The number of rotatable bonds is 10. The van der Waals surface area contributed by atoms with Crippen LogP contribution < -0.4 is 16.1 Å². The number of aromatic nitrogens is 3. The fourth-order valence-electron chi connectivity index (χ4n) is 10.7. The van der Waals surface area contributed by atoms with Crippen LogP contribution in [0.2, 0.25) is 0 Å². The molecule has 1 unspecified atom stereocenters. The molecule has 4 saturated heterocycles. The number of piperidine rings is 1. The topological polar surface area (TPSA) is 127 Å². The average Bonchev–Trinajstić information content (AvgIpc) is 3.67. The molecule has 0 bridgehead atoms. The van der Waals surface area contributed by atoms with Crippen molar-refractivity contribution < 1.29 is 37.2 Å². The SMILES string of the molecule is Cc1cc(-c2ccc3nc(C4CCN(C5CC6(C5)CN(CC5CN(c7ccc8c(c7)C(=O)N(C7CCONO7)C8=O)C5)C6)CC4)n(CCOC(F)(F)F)c3c2)cn(C)c1=O. The Morgan fingerprint density at radius 1 is 0.950 bits per heavy atom. The number of likely N-dealkylation sites (tertiary alicyclic amines) is 2. The predicted molar refractivity (Wildman–Crippen MR) is 214 cm³/mol. The van der Waals surface area contributed by atoms with Crippen LogP contribution in [0.3, 0.4) is 0 Å². The molecule has 10 rings (SSSR count). The highest BCUT2D eigenvalue weighted by atomic mass is 19.4. The number of hydrogen-bond donors (Lipinski definition) is 1. The van der Waals surface area contributed by atoms with Crippen molar-refractivity contribution in [3.8, 4) is 11.1 Å². The Morgan fingerprint density at radius 2 is 1.72 bits per heavy atom. The van der Waals surface area contributed by atoms with Crippen LogP contribution in [0.15, 0.2) is 53.5 Å². The first-order valence-electron chi connectivity index (χ1n) is 21.0. The second-order valence-electron chi connectivity index (χ2n) is 17.8. The zero-order chi connectivity index (χ0) is 41.5. The van der Waals surface area contributed by atoms with Gasteiger partial charge in [0.15, 0.2) is 6.23 Å². The van der Waals surface area contributed by atoms with Gasteiger partial charge in [-0.15, -0.1) is 13.2 Å².